The van der Waals surface area contributed by atoms with E-state index in [2.05, 4.69) is 0 Å². The summed E-state index contributed by atoms with van der Waals surface area (Å²) in [7, 11) is 0. The van der Waals surface area contributed by atoms with Crippen LogP contribution in [0.2, 0.25) is 0 Å². The number of rotatable bonds is 7. The first kappa shape index (κ1) is 27.9. The lowest BCUT2D eigenvalue weighted by atomic mass is 9.96. The average Bonchev–Trinajstić information content (AvgIpc) is 2.83. The molecule has 0 aromatic carbocycles. The smallest absolute Gasteiger partial charge is 0.187 e. The van der Waals surface area contributed by atoms with Crippen LogP contribution in [0.5, 0.6) is 0 Å². The molecule has 0 radical (unpaired) electrons. The fourth-order valence-electron chi connectivity index (χ4n) is 4.06. The third kappa shape index (κ3) is 5.37. The van der Waals surface area contributed by atoms with Gasteiger partial charge in [0.2, 0.25) is 0 Å². The van der Waals surface area contributed by atoms with Crippen molar-refractivity contribution >= 4 is 0 Å². The van der Waals surface area contributed by atoms with E-state index in [1.54, 1.807) is 0 Å². The molecule has 3 aliphatic rings. The average molecular weight is 504 g/mol. The van der Waals surface area contributed by atoms with E-state index in [1.807, 2.05) is 0 Å². The van der Waals surface area contributed by atoms with Gasteiger partial charge in [-0.25, -0.2) is 0 Å². The van der Waals surface area contributed by atoms with E-state index < -0.39 is 112 Å². The van der Waals surface area contributed by atoms with Crippen LogP contribution in [0.1, 0.15) is 0 Å². The van der Waals surface area contributed by atoms with Gasteiger partial charge in [0.25, 0.3) is 0 Å². The minimum atomic E-state index is -1.91. The Bertz CT molecular complexity index is 635. The predicted octanol–water partition coefficient (Wildman–Crippen LogP) is -7.57. The lowest BCUT2D eigenvalue weighted by Crippen LogP contribution is -2.66. The summed E-state index contributed by atoms with van der Waals surface area (Å²) in [5.74, 6) is 0. The highest BCUT2D eigenvalue weighted by molar-refractivity contribution is 4.96. The van der Waals surface area contributed by atoms with Crippen molar-refractivity contribution in [3.63, 3.8) is 0 Å². The van der Waals surface area contributed by atoms with Gasteiger partial charge in [-0.2, -0.15) is 0 Å². The molecule has 3 saturated heterocycles. The standard InChI is InChI=1S/C18H32O16/c19-1-4-7(22)8(23)12(27)17(31-4)34-15-6(3-21)32-18(13(28)10(15)25)33-14-5(2-20)30-16(29)11(26)9(14)24/h4-29H,1-3H2/t4-,5+,6+,7-,8+,9+,10+,11+,12-,13+,14+,15+,16+,17+,18-/m0/s1. The van der Waals surface area contributed by atoms with Crippen molar-refractivity contribution in [2.45, 2.75) is 92.1 Å². The van der Waals surface area contributed by atoms with Gasteiger partial charge in [-0.3, -0.25) is 0 Å². The van der Waals surface area contributed by atoms with E-state index in [0.717, 1.165) is 0 Å². The Hall–Kier alpha value is -0.640. The molecule has 0 aromatic heterocycles. The molecule has 0 unspecified atom stereocenters. The third-order valence-electron chi connectivity index (χ3n) is 6.09. The minimum absolute atomic E-state index is 0.741. The van der Waals surface area contributed by atoms with Gasteiger partial charge in [-0.05, 0) is 0 Å². The van der Waals surface area contributed by atoms with E-state index in [1.165, 1.54) is 0 Å². The van der Waals surface area contributed by atoms with Gasteiger partial charge < -0.3 is 79.9 Å². The Balaban J connectivity index is 1.72. The van der Waals surface area contributed by atoms with E-state index >= 15 is 0 Å². The van der Waals surface area contributed by atoms with Gasteiger partial charge >= 0.3 is 0 Å². The zero-order chi connectivity index (χ0) is 25.3. The monoisotopic (exact) mass is 504 g/mol. The Morgan fingerprint density at radius 3 is 1.35 bits per heavy atom. The summed E-state index contributed by atoms with van der Waals surface area (Å²) in [6.45, 7) is -2.32. The maximum atomic E-state index is 10.6. The van der Waals surface area contributed by atoms with Crippen LogP contribution in [0.4, 0.5) is 0 Å². The second-order valence-corrected chi connectivity index (χ2v) is 8.33. The van der Waals surface area contributed by atoms with Crippen molar-refractivity contribution in [1.29, 1.82) is 0 Å². The molecule has 0 saturated carbocycles. The maximum absolute atomic E-state index is 10.6. The molecule has 3 rings (SSSR count). The number of hydrogen-bond acceptors (Lipinski definition) is 16. The molecular formula is C18H32O16. The summed E-state index contributed by atoms with van der Waals surface area (Å²) in [6, 6.07) is 0. The highest BCUT2D eigenvalue weighted by Crippen LogP contribution is 2.32. The highest BCUT2D eigenvalue weighted by Gasteiger charge is 2.53. The van der Waals surface area contributed by atoms with E-state index in [9.17, 15) is 56.2 Å². The molecule has 3 fully saturated rings. The largest absolute Gasteiger partial charge is 0.394 e. The summed E-state index contributed by atoms with van der Waals surface area (Å²) in [6.07, 6.45) is -25.1. The fraction of sp³-hybridized carbons (Fsp3) is 1.00. The van der Waals surface area contributed by atoms with Crippen LogP contribution in [-0.2, 0) is 23.7 Å². The normalized spacial score (nSPS) is 52.5. The van der Waals surface area contributed by atoms with Gasteiger partial charge in [0.1, 0.15) is 73.2 Å². The quantitative estimate of drug-likeness (QED) is 0.154. The summed E-state index contributed by atoms with van der Waals surface area (Å²) >= 11 is 0. The molecule has 3 heterocycles. The second kappa shape index (κ2) is 11.6. The molecule has 16 nitrogen and oxygen atoms in total. The maximum Gasteiger partial charge on any atom is 0.187 e. The first-order chi connectivity index (χ1) is 16.0. The summed E-state index contributed by atoms with van der Waals surface area (Å²) in [4.78, 5) is 0. The SMILES string of the molecule is OC[C@@H]1O[C@H](O[C@H]2[C@H](O)[C@@H](O)[C@H](O[C@H]3[C@H](O)[C@@H](O)[C@H](O)O[C@@H]3CO)O[C@@H]2CO)[C@@H](O)[C@H](O)[C@H]1O. The van der Waals surface area contributed by atoms with Crippen LogP contribution in [0.15, 0.2) is 0 Å². The van der Waals surface area contributed by atoms with Crippen LogP contribution in [0.25, 0.3) is 0 Å². The summed E-state index contributed by atoms with van der Waals surface area (Å²) < 4.78 is 26.4. The highest BCUT2D eigenvalue weighted by atomic mass is 16.8. The Morgan fingerprint density at radius 2 is 0.853 bits per heavy atom. The molecule has 11 N–H and O–H groups in total. The molecular weight excluding hydrogens is 472 g/mol. The van der Waals surface area contributed by atoms with Crippen LogP contribution in [-0.4, -0.2) is 168 Å². The van der Waals surface area contributed by atoms with Crippen LogP contribution < -0.4 is 0 Å². The molecule has 0 amide bonds. The van der Waals surface area contributed by atoms with Gasteiger partial charge in [-0.1, -0.05) is 0 Å². The topological polar surface area (TPSA) is 269 Å². The van der Waals surface area contributed by atoms with Crippen molar-refractivity contribution in [2.75, 3.05) is 19.8 Å². The van der Waals surface area contributed by atoms with Gasteiger partial charge in [0.15, 0.2) is 18.9 Å². The molecule has 16 heteroatoms. The van der Waals surface area contributed by atoms with Crippen molar-refractivity contribution in [1.82, 2.24) is 0 Å². The van der Waals surface area contributed by atoms with Crippen molar-refractivity contribution in [3.05, 3.63) is 0 Å². The lowest BCUT2D eigenvalue weighted by molar-refractivity contribution is -0.377. The molecule has 34 heavy (non-hydrogen) atoms. The van der Waals surface area contributed by atoms with Crippen molar-refractivity contribution in [3.8, 4) is 0 Å². The zero-order valence-electron chi connectivity index (χ0n) is 17.7. The molecule has 0 aromatic rings. The number of aliphatic hydroxyl groups is 11. The predicted molar refractivity (Wildman–Crippen MR) is 101 cm³/mol. The van der Waals surface area contributed by atoms with Crippen molar-refractivity contribution < 1.29 is 79.9 Å². The first-order valence-corrected chi connectivity index (χ1v) is 10.6. The Morgan fingerprint density at radius 1 is 0.441 bits per heavy atom. The minimum Gasteiger partial charge on any atom is -0.394 e. The lowest BCUT2D eigenvalue weighted by Gasteiger charge is -2.47. The van der Waals surface area contributed by atoms with E-state index in [-0.39, 0.29) is 0 Å². The summed E-state index contributed by atoms with van der Waals surface area (Å²) in [5.41, 5.74) is 0. The van der Waals surface area contributed by atoms with E-state index in [0.29, 0.717) is 0 Å². The van der Waals surface area contributed by atoms with E-state index in [4.69, 9.17) is 23.7 Å². The molecule has 0 bridgehead atoms. The first-order valence-electron chi connectivity index (χ1n) is 10.6. The number of ether oxygens (including phenoxy) is 5. The Kier molecular flexibility index (Phi) is 9.54. The molecule has 0 aliphatic carbocycles. The van der Waals surface area contributed by atoms with Crippen LogP contribution in [0.3, 0.4) is 0 Å². The zero-order valence-corrected chi connectivity index (χ0v) is 17.7. The molecule has 200 valence electrons. The van der Waals surface area contributed by atoms with Gasteiger partial charge in [0, 0.05) is 0 Å². The summed E-state index contributed by atoms with van der Waals surface area (Å²) in [5, 5.41) is 109. The van der Waals surface area contributed by atoms with Crippen LogP contribution in [0, 0.1) is 0 Å². The molecule has 3 aliphatic heterocycles. The Labute approximate surface area is 192 Å². The molecule has 0 spiro atoms. The van der Waals surface area contributed by atoms with Crippen molar-refractivity contribution in [2.24, 2.45) is 0 Å². The number of hydrogen-bond donors (Lipinski definition) is 11. The fourth-order valence-corrected chi connectivity index (χ4v) is 4.06. The van der Waals surface area contributed by atoms with Gasteiger partial charge in [-0.15, -0.1) is 0 Å². The third-order valence-corrected chi connectivity index (χ3v) is 6.09. The number of aliphatic hydroxyl groups excluding tert-OH is 11. The van der Waals surface area contributed by atoms with Gasteiger partial charge in [0.05, 0.1) is 19.8 Å². The van der Waals surface area contributed by atoms with Crippen LogP contribution >= 0.6 is 0 Å². The molecule has 15 atom stereocenters. The second-order valence-electron chi connectivity index (χ2n) is 8.33.